The standard InChI is InChI=1S/C19H26N2O4/c1-12-6-7-14-15(11-25-17(14)13(12)2)20-19(22)21-8-4-3-5-16(21)18-23-9-10-24-18/h6-7,15-16,18H,3-5,8-11H2,1-2H3,(H,20,22)/t15-,16-/m0/s1. The van der Waals surface area contributed by atoms with Crippen molar-refractivity contribution in [3.63, 3.8) is 0 Å². The number of nitrogens with zero attached hydrogens (tertiary/aromatic N) is 1. The van der Waals surface area contributed by atoms with Crippen LogP contribution in [-0.2, 0) is 9.47 Å². The number of rotatable bonds is 2. The van der Waals surface area contributed by atoms with Crippen LogP contribution in [0.1, 0.15) is 42.0 Å². The van der Waals surface area contributed by atoms with Gasteiger partial charge in [0.1, 0.15) is 12.4 Å². The Morgan fingerprint density at radius 3 is 2.80 bits per heavy atom. The number of amides is 2. The van der Waals surface area contributed by atoms with Crippen molar-refractivity contribution in [1.82, 2.24) is 10.2 Å². The SMILES string of the molecule is Cc1ccc2c(c1C)OC[C@@H]2NC(=O)N1CCCC[C@H]1C1OCCO1. The molecule has 2 atom stereocenters. The zero-order chi connectivity index (χ0) is 17.4. The maximum absolute atomic E-state index is 12.9. The number of nitrogens with one attached hydrogen (secondary N) is 1. The fraction of sp³-hybridized carbons (Fsp3) is 0.632. The first-order chi connectivity index (χ1) is 12.1. The van der Waals surface area contributed by atoms with Gasteiger partial charge in [-0.15, -0.1) is 0 Å². The molecule has 0 spiro atoms. The molecule has 0 aromatic heterocycles. The van der Waals surface area contributed by atoms with E-state index in [0.29, 0.717) is 19.8 Å². The fourth-order valence-corrected chi connectivity index (χ4v) is 3.98. The first kappa shape index (κ1) is 16.7. The predicted molar refractivity (Wildman–Crippen MR) is 92.7 cm³/mol. The van der Waals surface area contributed by atoms with Crippen LogP contribution in [0.2, 0.25) is 0 Å². The molecule has 2 fully saturated rings. The summed E-state index contributed by atoms with van der Waals surface area (Å²) in [5, 5.41) is 3.16. The van der Waals surface area contributed by atoms with Crippen LogP contribution in [0, 0.1) is 13.8 Å². The van der Waals surface area contributed by atoms with E-state index in [1.165, 1.54) is 5.56 Å². The Morgan fingerprint density at radius 1 is 1.20 bits per heavy atom. The van der Waals surface area contributed by atoms with Crippen molar-refractivity contribution in [3.8, 4) is 5.75 Å². The van der Waals surface area contributed by atoms with Gasteiger partial charge in [0.15, 0.2) is 6.29 Å². The van der Waals surface area contributed by atoms with Gasteiger partial charge in [-0.1, -0.05) is 12.1 Å². The normalized spacial score (nSPS) is 26.4. The molecule has 6 heteroatoms. The van der Waals surface area contributed by atoms with E-state index in [1.807, 2.05) is 4.90 Å². The second-order valence-electron chi connectivity index (χ2n) is 7.11. The first-order valence-electron chi connectivity index (χ1n) is 9.18. The summed E-state index contributed by atoms with van der Waals surface area (Å²) in [6.07, 6.45) is 2.76. The highest BCUT2D eigenvalue weighted by molar-refractivity contribution is 5.75. The number of fused-ring (bicyclic) bond motifs is 1. The number of hydrogen-bond acceptors (Lipinski definition) is 4. The van der Waals surface area contributed by atoms with Crippen LogP contribution in [-0.4, -0.2) is 49.6 Å². The lowest BCUT2D eigenvalue weighted by molar-refractivity contribution is -0.0984. The summed E-state index contributed by atoms with van der Waals surface area (Å²) < 4.78 is 17.2. The molecule has 0 saturated carbocycles. The monoisotopic (exact) mass is 346 g/mol. The van der Waals surface area contributed by atoms with Crippen molar-refractivity contribution in [2.75, 3.05) is 26.4 Å². The topological polar surface area (TPSA) is 60.0 Å². The molecule has 1 aromatic carbocycles. The fourth-order valence-electron chi connectivity index (χ4n) is 3.98. The minimum Gasteiger partial charge on any atom is -0.490 e. The van der Waals surface area contributed by atoms with Gasteiger partial charge in [-0.3, -0.25) is 0 Å². The number of ether oxygens (including phenoxy) is 3. The average Bonchev–Trinajstić information content (AvgIpc) is 3.29. The van der Waals surface area contributed by atoms with E-state index < -0.39 is 0 Å². The van der Waals surface area contributed by atoms with E-state index >= 15 is 0 Å². The molecule has 3 aliphatic rings. The predicted octanol–water partition coefficient (Wildman–Crippen LogP) is 2.67. The summed E-state index contributed by atoms with van der Waals surface area (Å²) in [7, 11) is 0. The van der Waals surface area contributed by atoms with Crippen LogP contribution in [0.3, 0.4) is 0 Å². The van der Waals surface area contributed by atoms with Crippen LogP contribution < -0.4 is 10.1 Å². The number of hydrogen-bond donors (Lipinski definition) is 1. The third-order valence-corrected chi connectivity index (χ3v) is 5.55. The Bertz CT molecular complexity index is 657. The first-order valence-corrected chi connectivity index (χ1v) is 9.18. The van der Waals surface area contributed by atoms with Gasteiger partial charge in [-0.05, 0) is 44.2 Å². The Morgan fingerprint density at radius 2 is 2.00 bits per heavy atom. The molecule has 4 rings (SSSR count). The zero-order valence-electron chi connectivity index (χ0n) is 14.9. The molecule has 0 radical (unpaired) electrons. The van der Waals surface area contributed by atoms with Crippen molar-refractivity contribution < 1.29 is 19.0 Å². The average molecular weight is 346 g/mol. The van der Waals surface area contributed by atoms with Crippen molar-refractivity contribution in [1.29, 1.82) is 0 Å². The third kappa shape index (κ3) is 3.09. The Labute approximate surface area is 148 Å². The minimum atomic E-state index is -0.289. The van der Waals surface area contributed by atoms with Crippen molar-refractivity contribution in [3.05, 3.63) is 28.8 Å². The third-order valence-electron chi connectivity index (χ3n) is 5.55. The van der Waals surface area contributed by atoms with E-state index in [9.17, 15) is 4.79 Å². The summed E-state index contributed by atoms with van der Waals surface area (Å²) in [5.41, 5.74) is 3.42. The Kier molecular flexibility index (Phi) is 4.56. The molecule has 0 bridgehead atoms. The molecule has 1 aromatic rings. The van der Waals surface area contributed by atoms with E-state index in [2.05, 4.69) is 31.3 Å². The highest BCUT2D eigenvalue weighted by Crippen LogP contribution is 2.37. The Hall–Kier alpha value is -1.79. The Balaban J connectivity index is 1.48. The molecule has 136 valence electrons. The number of benzene rings is 1. The van der Waals surface area contributed by atoms with E-state index in [-0.39, 0.29) is 24.4 Å². The van der Waals surface area contributed by atoms with Gasteiger partial charge in [0.05, 0.1) is 25.3 Å². The summed E-state index contributed by atoms with van der Waals surface area (Å²) in [6.45, 7) is 6.59. The lowest BCUT2D eigenvalue weighted by Gasteiger charge is -2.38. The van der Waals surface area contributed by atoms with Gasteiger partial charge in [0, 0.05) is 12.1 Å². The van der Waals surface area contributed by atoms with Crippen molar-refractivity contribution in [2.45, 2.75) is 51.5 Å². The number of likely N-dealkylation sites (tertiary alicyclic amines) is 1. The van der Waals surface area contributed by atoms with Gasteiger partial charge < -0.3 is 24.4 Å². The molecule has 6 nitrogen and oxygen atoms in total. The lowest BCUT2D eigenvalue weighted by atomic mass is 10.0. The molecule has 25 heavy (non-hydrogen) atoms. The summed E-state index contributed by atoms with van der Waals surface area (Å²) in [4.78, 5) is 14.8. The minimum absolute atomic E-state index is 0.00204. The van der Waals surface area contributed by atoms with E-state index in [1.54, 1.807) is 0 Å². The maximum Gasteiger partial charge on any atom is 0.318 e. The summed E-state index contributed by atoms with van der Waals surface area (Å²) >= 11 is 0. The molecule has 1 N–H and O–H groups in total. The molecule has 2 saturated heterocycles. The van der Waals surface area contributed by atoms with E-state index in [0.717, 1.165) is 42.7 Å². The largest absolute Gasteiger partial charge is 0.490 e. The number of piperidine rings is 1. The van der Waals surface area contributed by atoms with E-state index in [4.69, 9.17) is 14.2 Å². The van der Waals surface area contributed by atoms with Crippen molar-refractivity contribution >= 4 is 6.03 Å². The molecule has 0 aliphatic carbocycles. The zero-order valence-corrected chi connectivity index (χ0v) is 14.9. The summed E-state index contributed by atoms with van der Waals surface area (Å²) in [6, 6.07) is 3.99. The highest BCUT2D eigenvalue weighted by Gasteiger charge is 2.37. The number of carbonyl (C=O) groups is 1. The molecule has 3 heterocycles. The quantitative estimate of drug-likeness (QED) is 0.894. The van der Waals surface area contributed by atoms with Gasteiger partial charge in [-0.2, -0.15) is 0 Å². The van der Waals surface area contributed by atoms with Crippen LogP contribution >= 0.6 is 0 Å². The molecular weight excluding hydrogens is 320 g/mol. The summed E-state index contributed by atoms with van der Waals surface area (Å²) in [5.74, 6) is 0.919. The second-order valence-corrected chi connectivity index (χ2v) is 7.11. The van der Waals surface area contributed by atoms with Gasteiger partial charge in [0.2, 0.25) is 0 Å². The maximum atomic E-state index is 12.9. The molecule has 0 unspecified atom stereocenters. The highest BCUT2D eigenvalue weighted by atomic mass is 16.7. The van der Waals surface area contributed by atoms with Crippen LogP contribution in [0.4, 0.5) is 4.79 Å². The number of urea groups is 1. The number of aryl methyl sites for hydroxylation is 1. The smallest absolute Gasteiger partial charge is 0.318 e. The van der Waals surface area contributed by atoms with Crippen LogP contribution in [0.15, 0.2) is 12.1 Å². The lowest BCUT2D eigenvalue weighted by Crippen LogP contribution is -2.54. The van der Waals surface area contributed by atoms with Gasteiger partial charge in [-0.25, -0.2) is 4.79 Å². The molecule has 2 amide bonds. The van der Waals surface area contributed by atoms with Crippen molar-refractivity contribution in [2.24, 2.45) is 0 Å². The molecule has 3 aliphatic heterocycles. The van der Waals surface area contributed by atoms with Crippen LogP contribution in [0.5, 0.6) is 5.75 Å². The van der Waals surface area contributed by atoms with Gasteiger partial charge >= 0.3 is 6.03 Å². The second kappa shape index (κ2) is 6.84. The van der Waals surface area contributed by atoms with Crippen LogP contribution in [0.25, 0.3) is 0 Å². The van der Waals surface area contributed by atoms with Gasteiger partial charge in [0.25, 0.3) is 0 Å². The molecular formula is C19H26N2O4. The number of carbonyl (C=O) groups excluding carboxylic acids is 1.